The van der Waals surface area contributed by atoms with Gasteiger partial charge in [-0.05, 0) is 12.1 Å². The van der Waals surface area contributed by atoms with Crippen LogP contribution in [0.2, 0.25) is 5.02 Å². The molecule has 0 bridgehead atoms. The van der Waals surface area contributed by atoms with E-state index in [0.29, 0.717) is 0 Å². The second kappa shape index (κ2) is 3.99. The Hall–Kier alpha value is -1.73. The second-order valence-corrected chi connectivity index (χ2v) is 2.89. The molecule has 0 spiro atoms. The van der Waals surface area contributed by atoms with Crippen LogP contribution in [0.5, 0.6) is 5.75 Å². The summed E-state index contributed by atoms with van der Waals surface area (Å²) in [7, 11) is 1.35. The monoisotopic (exact) mass is 210 g/mol. The van der Waals surface area contributed by atoms with Crippen LogP contribution in [0.1, 0.15) is 15.9 Å². The Morgan fingerprint density at radius 1 is 1.64 bits per heavy atom. The minimum Gasteiger partial charge on any atom is -0.494 e. The number of methoxy groups -OCH3 is 1. The van der Waals surface area contributed by atoms with Gasteiger partial charge in [0.05, 0.1) is 17.7 Å². The molecule has 0 saturated heterocycles. The first kappa shape index (κ1) is 10.4. The zero-order valence-electron chi connectivity index (χ0n) is 7.37. The maximum atomic E-state index is 10.9. The average Bonchev–Trinajstić information content (AvgIpc) is 2.16. The van der Waals surface area contributed by atoms with E-state index in [2.05, 4.69) is 0 Å². The van der Waals surface area contributed by atoms with E-state index < -0.39 is 5.91 Å². The standard InChI is InChI=1S/C9H7ClN2O2/c1-14-8-5(9(12)13)2-3-7(10)6(8)4-11/h2-3H,1H3,(H2,12,13). The van der Waals surface area contributed by atoms with Gasteiger partial charge in [-0.1, -0.05) is 11.6 Å². The van der Waals surface area contributed by atoms with E-state index in [1.807, 2.05) is 6.07 Å². The summed E-state index contributed by atoms with van der Waals surface area (Å²) >= 11 is 5.73. The summed E-state index contributed by atoms with van der Waals surface area (Å²) < 4.78 is 4.90. The highest BCUT2D eigenvalue weighted by Gasteiger charge is 2.15. The lowest BCUT2D eigenvalue weighted by Crippen LogP contribution is -2.13. The zero-order chi connectivity index (χ0) is 10.7. The van der Waals surface area contributed by atoms with Gasteiger partial charge in [-0.2, -0.15) is 5.26 Å². The van der Waals surface area contributed by atoms with Crippen LogP contribution in [-0.2, 0) is 0 Å². The fourth-order valence-electron chi connectivity index (χ4n) is 1.07. The Kier molecular flexibility index (Phi) is 2.95. The number of hydrogen-bond acceptors (Lipinski definition) is 3. The molecular formula is C9H7ClN2O2. The highest BCUT2D eigenvalue weighted by molar-refractivity contribution is 6.32. The summed E-state index contributed by atoms with van der Waals surface area (Å²) in [6.07, 6.45) is 0. The van der Waals surface area contributed by atoms with E-state index in [1.165, 1.54) is 19.2 Å². The second-order valence-electron chi connectivity index (χ2n) is 2.48. The fraction of sp³-hybridized carbons (Fsp3) is 0.111. The highest BCUT2D eigenvalue weighted by atomic mass is 35.5. The lowest BCUT2D eigenvalue weighted by atomic mass is 10.1. The van der Waals surface area contributed by atoms with E-state index in [4.69, 9.17) is 27.3 Å². The van der Waals surface area contributed by atoms with Gasteiger partial charge in [-0.15, -0.1) is 0 Å². The van der Waals surface area contributed by atoms with Crippen molar-refractivity contribution in [1.29, 1.82) is 5.26 Å². The van der Waals surface area contributed by atoms with Crippen molar-refractivity contribution in [3.05, 3.63) is 28.3 Å². The Balaban J connectivity index is 3.50. The molecule has 0 saturated carbocycles. The van der Waals surface area contributed by atoms with Crippen LogP contribution >= 0.6 is 11.6 Å². The summed E-state index contributed by atoms with van der Waals surface area (Å²) in [6, 6.07) is 4.70. The van der Waals surface area contributed by atoms with Crippen LogP contribution in [0, 0.1) is 11.3 Å². The molecule has 1 aromatic carbocycles. The van der Waals surface area contributed by atoms with E-state index in [-0.39, 0.29) is 21.9 Å². The molecule has 1 rings (SSSR count). The van der Waals surface area contributed by atoms with E-state index in [0.717, 1.165) is 0 Å². The normalized spacial score (nSPS) is 9.21. The Morgan fingerprint density at radius 2 is 2.29 bits per heavy atom. The molecule has 5 heteroatoms. The number of hydrogen-bond donors (Lipinski definition) is 1. The van der Waals surface area contributed by atoms with Gasteiger partial charge in [0.2, 0.25) is 0 Å². The maximum Gasteiger partial charge on any atom is 0.252 e. The molecule has 14 heavy (non-hydrogen) atoms. The first-order chi connectivity index (χ1) is 6.61. The fourth-order valence-corrected chi connectivity index (χ4v) is 1.26. The number of carbonyl (C=O) groups excluding carboxylic acids is 1. The molecule has 0 aliphatic carbocycles. The lowest BCUT2D eigenvalue weighted by molar-refractivity contribution is 0.0997. The number of amides is 1. The van der Waals surface area contributed by atoms with Crippen molar-refractivity contribution in [3.8, 4) is 11.8 Å². The number of nitriles is 1. The summed E-state index contributed by atoms with van der Waals surface area (Å²) in [5, 5.41) is 9.00. The Labute approximate surface area is 85.8 Å². The molecule has 0 aliphatic rings. The van der Waals surface area contributed by atoms with E-state index >= 15 is 0 Å². The molecule has 0 radical (unpaired) electrons. The van der Waals surface area contributed by atoms with Crippen molar-refractivity contribution < 1.29 is 9.53 Å². The van der Waals surface area contributed by atoms with Crippen molar-refractivity contribution in [2.45, 2.75) is 0 Å². The maximum absolute atomic E-state index is 10.9. The Morgan fingerprint density at radius 3 is 2.71 bits per heavy atom. The van der Waals surface area contributed by atoms with Gasteiger partial charge >= 0.3 is 0 Å². The van der Waals surface area contributed by atoms with Gasteiger partial charge < -0.3 is 10.5 Å². The molecule has 0 aliphatic heterocycles. The smallest absolute Gasteiger partial charge is 0.252 e. The Bertz CT molecular complexity index is 424. The topological polar surface area (TPSA) is 76.1 Å². The number of rotatable bonds is 2. The van der Waals surface area contributed by atoms with Gasteiger partial charge in [-0.25, -0.2) is 0 Å². The number of nitrogens with two attached hydrogens (primary N) is 1. The summed E-state index contributed by atoms with van der Waals surface area (Å²) in [5.41, 5.74) is 5.36. The molecular weight excluding hydrogens is 204 g/mol. The number of ether oxygens (including phenoxy) is 1. The molecule has 1 amide bonds. The van der Waals surface area contributed by atoms with E-state index in [1.54, 1.807) is 0 Å². The summed E-state index contributed by atoms with van der Waals surface area (Å²) in [5.74, 6) is -0.539. The third-order valence-electron chi connectivity index (χ3n) is 1.69. The van der Waals surface area contributed by atoms with Crippen molar-refractivity contribution >= 4 is 17.5 Å². The SMILES string of the molecule is COc1c(C(N)=O)ccc(Cl)c1C#N. The van der Waals surface area contributed by atoms with Gasteiger partial charge in [0.1, 0.15) is 11.6 Å². The molecule has 0 unspecified atom stereocenters. The first-order valence-corrected chi connectivity index (χ1v) is 4.06. The van der Waals surface area contributed by atoms with Crippen molar-refractivity contribution in [3.63, 3.8) is 0 Å². The molecule has 0 fully saturated rings. The number of carbonyl (C=O) groups is 1. The van der Waals surface area contributed by atoms with Crippen LogP contribution in [0.25, 0.3) is 0 Å². The third-order valence-corrected chi connectivity index (χ3v) is 2.00. The minimum absolute atomic E-state index is 0.116. The van der Waals surface area contributed by atoms with Crippen LogP contribution in [0.15, 0.2) is 12.1 Å². The largest absolute Gasteiger partial charge is 0.494 e. The van der Waals surface area contributed by atoms with Gasteiger partial charge in [0.15, 0.2) is 5.75 Å². The third kappa shape index (κ3) is 1.63. The van der Waals surface area contributed by atoms with Gasteiger partial charge in [0.25, 0.3) is 5.91 Å². The van der Waals surface area contributed by atoms with Crippen molar-refractivity contribution in [2.75, 3.05) is 7.11 Å². The summed E-state index contributed by atoms with van der Waals surface area (Å²) in [4.78, 5) is 10.9. The number of nitrogens with zero attached hydrogens (tertiary/aromatic N) is 1. The molecule has 72 valence electrons. The van der Waals surface area contributed by atoms with Crippen molar-refractivity contribution in [1.82, 2.24) is 0 Å². The minimum atomic E-state index is -0.657. The predicted octanol–water partition coefficient (Wildman–Crippen LogP) is 1.32. The number of halogens is 1. The quantitative estimate of drug-likeness (QED) is 0.800. The lowest BCUT2D eigenvalue weighted by Gasteiger charge is -2.07. The van der Waals surface area contributed by atoms with Gasteiger partial charge in [0, 0.05) is 0 Å². The molecule has 0 heterocycles. The average molecular weight is 211 g/mol. The molecule has 0 aromatic heterocycles. The highest BCUT2D eigenvalue weighted by Crippen LogP contribution is 2.29. The predicted molar refractivity (Wildman–Crippen MR) is 51.2 cm³/mol. The number of benzene rings is 1. The molecule has 4 nitrogen and oxygen atoms in total. The molecule has 2 N–H and O–H groups in total. The van der Waals surface area contributed by atoms with Crippen LogP contribution in [0.3, 0.4) is 0 Å². The first-order valence-electron chi connectivity index (χ1n) is 3.68. The molecule has 1 aromatic rings. The van der Waals surface area contributed by atoms with E-state index in [9.17, 15) is 4.79 Å². The van der Waals surface area contributed by atoms with Crippen molar-refractivity contribution in [2.24, 2.45) is 5.73 Å². The summed E-state index contributed by atoms with van der Waals surface area (Å²) in [6.45, 7) is 0. The van der Waals surface area contributed by atoms with Crippen LogP contribution in [0.4, 0.5) is 0 Å². The van der Waals surface area contributed by atoms with Crippen LogP contribution in [-0.4, -0.2) is 13.0 Å². The van der Waals surface area contributed by atoms with Gasteiger partial charge in [-0.3, -0.25) is 4.79 Å². The van der Waals surface area contributed by atoms with Crippen LogP contribution < -0.4 is 10.5 Å². The molecule has 0 atom stereocenters. The number of primary amides is 1. The zero-order valence-corrected chi connectivity index (χ0v) is 8.13.